The number of ketones is 1. The van der Waals surface area contributed by atoms with E-state index in [0.29, 0.717) is 24.4 Å². The summed E-state index contributed by atoms with van der Waals surface area (Å²) in [5.41, 5.74) is 10.8. The van der Waals surface area contributed by atoms with Crippen LogP contribution in [0.15, 0.2) is 72.8 Å². The first-order valence-electron chi connectivity index (χ1n) is 12.7. The van der Waals surface area contributed by atoms with Crippen LogP contribution in [0.4, 0.5) is 14.5 Å². The monoisotopic (exact) mass is 645 g/mol. The average molecular weight is 646 g/mol. The molecule has 0 aliphatic carbocycles. The fraction of sp³-hybridized carbons (Fsp3) is 0.103. The van der Waals surface area contributed by atoms with E-state index in [2.05, 4.69) is 0 Å². The number of hydrogen-bond donors (Lipinski definition) is 3. The van der Waals surface area contributed by atoms with Crippen molar-refractivity contribution in [2.24, 2.45) is 0 Å². The first kappa shape index (κ1) is 32.6. The molecule has 0 amide bonds. The SMILES string of the molecule is Nc1ccc2c(c1)B(O)OC2.O=C(Cc1ccc2c(c1)B(O)OC2)c1ccc(F)cc1Cl.O=C(Cl)c1ccc(F)cc1Cl. The van der Waals surface area contributed by atoms with Crippen LogP contribution in [-0.2, 0) is 28.9 Å². The van der Waals surface area contributed by atoms with Crippen molar-refractivity contribution in [2.75, 3.05) is 5.73 Å². The van der Waals surface area contributed by atoms with Crippen molar-refractivity contribution >= 4 is 76.7 Å². The van der Waals surface area contributed by atoms with Crippen molar-refractivity contribution in [3.8, 4) is 0 Å². The summed E-state index contributed by atoms with van der Waals surface area (Å²) in [6, 6.07) is 17.9. The molecule has 2 aliphatic heterocycles. The Balaban J connectivity index is 0.000000162. The maximum absolute atomic E-state index is 13.0. The van der Waals surface area contributed by atoms with Crippen molar-refractivity contribution in [3.05, 3.63) is 122 Å². The van der Waals surface area contributed by atoms with Crippen molar-refractivity contribution in [1.82, 2.24) is 0 Å². The highest BCUT2D eigenvalue weighted by atomic mass is 35.5. The van der Waals surface area contributed by atoms with Crippen LogP contribution in [0.5, 0.6) is 0 Å². The molecule has 4 aromatic rings. The predicted molar refractivity (Wildman–Crippen MR) is 163 cm³/mol. The molecule has 6 rings (SSSR count). The molecule has 7 nitrogen and oxygen atoms in total. The Bertz CT molecular complexity index is 1680. The zero-order valence-corrected chi connectivity index (χ0v) is 24.5. The van der Waals surface area contributed by atoms with Gasteiger partial charge >= 0.3 is 14.2 Å². The molecule has 0 fully saturated rings. The molecule has 0 aromatic heterocycles. The Morgan fingerprint density at radius 2 is 1.28 bits per heavy atom. The smallest absolute Gasteiger partial charge is 0.423 e. The van der Waals surface area contributed by atoms with Gasteiger partial charge in [-0.05, 0) is 87.7 Å². The van der Waals surface area contributed by atoms with Gasteiger partial charge in [-0.1, -0.05) is 47.5 Å². The lowest BCUT2D eigenvalue weighted by molar-refractivity contribution is 0.0992. The summed E-state index contributed by atoms with van der Waals surface area (Å²) in [7, 11) is -1.72. The largest absolute Gasteiger partial charge is 0.491 e. The maximum Gasteiger partial charge on any atom is 0.491 e. The minimum absolute atomic E-state index is 0.0324. The average Bonchev–Trinajstić information content (AvgIpc) is 3.50. The third-order valence-electron chi connectivity index (χ3n) is 6.44. The number of benzene rings is 4. The molecule has 0 atom stereocenters. The maximum atomic E-state index is 13.0. The van der Waals surface area contributed by atoms with Gasteiger partial charge in [0.15, 0.2) is 5.78 Å². The zero-order valence-electron chi connectivity index (χ0n) is 22.2. The van der Waals surface area contributed by atoms with Gasteiger partial charge in [0, 0.05) is 17.7 Å². The van der Waals surface area contributed by atoms with Gasteiger partial charge in [0.05, 0.1) is 28.8 Å². The van der Waals surface area contributed by atoms with E-state index in [4.69, 9.17) is 49.8 Å². The van der Waals surface area contributed by atoms with E-state index in [0.717, 1.165) is 40.4 Å². The standard InChI is InChI=1S/C15H11BClFO3.C7H8BNO2.C7H3Cl2FO/c17-14-7-11(18)3-4-12(14)15(19)6-9-1-2-10-8-21-16(20)13(10)5-9;9-6-2-1-5-4-11-8(10)7(5)3-6;8-6-3-4(10)1-2-5(6)7(9)11/h1-5,7,20H,6,8H2;1-3,10H,4,9H2;1-3H. The third-order valence-corrected chi connectivity index (χ3v) is 7.27. The quantitative estimate of drug-likeness (QED) is 0.130. The number of nitrogens with two attached hydrogens (primary N) is 1. The van der Waals surface area contributed by atoms with Crippen LogP contribution in [0.2, 0.25) is 10.0 Å². The zero-order chi connectivity index (χ0) is 31.3. The molecule has 220 valence electrons. The molecule has 0 bridgehead atoms. The van der Waals surface area contributed by atoms with Crippen LogP contribution < -0.4 is 16.7 Å². The Morgan fingerprint density at radius 1 is 0.767 bits per heavy atom. The highest BCUT2D eigenvalue weighted by Gasteiger charge is 2.28. The van der Waals surface area contributed by atoms with E-state index in [1.165, 1.54) is 18.2 Å². The minimum Gasteiger partial charge on any atom is -0.423 e. The number of fused-ring (bicyclic) bond motifs is 2. The lowest BCUT2D eigenvalue weighted by atomic mass is 9.78. The first-order valence-corrected chi connectivity index (χ1v) is 13.8. The van der Waals surface area contributed by atoms with E-state index < -0.39 is 31.1 Å². The van der Waals surface area contributed by atoms with Gasteiger partial charge in [0.2, 0.25) is 0 Å². The van der Waals surface area contributed by atoms with Gasteiger partial charge in [-0.3, -0.25) is 9.59 Å². The van der Waals surface area contributed by atoms with E-state index in [1.54, 1.807) is 18.2 Å². The second kappa shape index (κ2) is 14.5. The fourth-order valence-corrected chi connectivity index (χ4v) is 4.99. The Labute approximate surface area is 261 Å². The topological polar surface area (TPSA) is 119 Å². The van der Waals surface area contributed by atoms with Crippen LogP contribution in [0, 0.1) is 11.6 Å². The molecule has 0 saturated carbocycles. The Morgan fingerprint density at radius 3 is 1.81 bits per heavy atom. The molecule has 0 saturated heterocycles. The number of carbonyl (C=O) groups is 2. The summed E-state index contributed by atoms with van der Waals surface area (Å²) in [5, 5.41) is 18.3. The highest BCUT2D eigenvalue weighted by Crippen LogP contribution is 2.21. The van der Waals surface area contributed by atoms with Gasteiger partial charge in [-0.25, -0.2) is 8.78 Å². The van der Waals surface area contributed by atoms with Crippen LogP contribution >= 0.6 is 34.8 Å². The third kappa shape index (κ3) is 8.42. The lowest BCUT2D eigenvalue weighted by Crippen LogP contribution is -2.28. The number of carbonyl (C=O) groups excluding carboxylic acids is 2. The van der Waals surface area contributed by atoms with Gasteiger partial charge < -0.3 is 25.1 Å². The number of hydrogen-bond acceptors (Lipinski definition) is 7. The summed E-state index contributed by atoms with van der Waals surface area (Å²) in [5.74, 6) is -1.17. The molecule has 4 N–H and O–H groups in total. The van der Waals surface area contributed by atoms with Crippen molar-refractivity contribution in [1.29, 1.82) is 0 Å². The second-order valence-electron chi connectivity index (χ2n) is 9.44. The highest BCUT2D eigenvalue weighted by molar-refractivity contribution is 6.68. The lowest BCUT2D eigenvalue weighted by Gasteiger charge is -2.06. The molecule has 2 heterocycles. The molecule has 2 aliphatic rings. The Kier molecular flexibility index (Phi) is 11.0. The summed E-state index contributed by atoms with van der Waals surface area (Å²) in [4.78, 5) is 22.8. The molecule has 14 heteroatoms. The van der Waals surface area contributed by atoms with Gasteiger partial charge in [-0.15, -0.1) is 0 Å². The van der Waals surface area contributed by atoms with E-state index >= 15 is 0 Å². The van der Waals surface area contributed by atoms with Crippen LogP contribution in [-0.4, -0.2) is 35.3 Å². The molecular formula is C29H22B2Cl3F2NO6. The number of rotatable bonds is 4. The predicted octanol–water partition coefficient (Wildman–Crippen LogP) is 4.47. The van der Waals surface area contributed by atoms with Gasteiger partial charge in [0.1, 0.15) is 11.6 Å². The van der Waals surface area contributed by atoms with Crippen molar-refractivity contribution < 1.29 is 37.7 Å². The molecule has 4 aromatic carbocycles. The molecule has 0 radical (unpaired) electrons. The number of Topliss-reactive ketones (excluding diaryl/α,β-unsaturated/α-hetero) is 1. The summed E-state index contributed by atoms with van der Waals surface area (Å²) < 4.78 is 35.5. The van der Waals surface area contributed by atoms with Crippen molar-refractivity contribution in [2.45, 2.75) is 19.6 Å². The minimum atomic E-state index is -0.940. The molecule has 0 spiro atoms. The number of nitrogen functional groups attached to an aromatic ring is 1. The molecule has 43 heavy (non-hydrogen) atoms. The van der Waals surface area contributed by atoms with E-state index in [-0.39, 0.29) is 33.4 Å². The van der Waals surface area contributed by atoms with Crippen LogP contribution in [0.3, 0.4) is 0 Å². The fourth-order valence-electron chi connectivity index (χ4n) is 4.25. The first-order chi connectivity index (χ1) is 20.4. The summed E-state index contributed by atoms with van der Waals surface area (Å²) in [6.07, 6.45) is 0.130. The number of halogens is 5. The summed E-state index contributed by atoms with van der Waals surface area (Å²) >= 11 is 16.5. The molecule has 0 unspecified atom stereocenters. The van der Waals surface area contributed by atoms with Crippen LogP contribution in [0.1, 0.15) is 37.4 Å². The van der Waals surface area contributed by atoms with Crippen LogP contribution in [0.25, 0.3) is 0 Å². The number of anilines is 1. The van der Waals surface area contributed by atoms with Crippen molar-refractivity contribution in [3.63, 3.8) is 0 Å². The van der Waals surface area contributed by atoms with E-state index in [1.807, 2.05) is 18.2 Å². The van der Waals surface area contributed by atoms with E-state index in [9.17, 15) is 28.4 Å². The van der Waals surface area contributed by atoms with Gasteiger partial charge in [0.25, 0.3) is 5.24 Å². The Hall–Kier alpha value is -3.28. The van der Waals surface area contributed by atoms with Gasteiger partial charge in [-0.2, -0.15) is 0 Å². The normalized spacial score (nSPS) is 12.9. The summed E-state index contributed by atoms with van der Waals surface area (Å²) in [6.45, 7) is 0.852. The second-order valence-corrected chi connectivity index (χ2v) is 10.6. The molecular weight excluding hydrogens is 624 g/mol.